The van der Waals surface area contributed by atoms with Crippen LogP contribution in [-0.2, 0) is 14.3 Å². The molecule has 0 aliphatic carbocycles. The predicted molar refractivity (Wildman–Crippen MR) is 81.3 cm³/mol. The molecule has 6 heteroatoms. The van der Waals surface area contributed by atoms with Gasteiger partial charge in [0.2, 0.25) is 0 Å². The highest BCUT2D eigenvalue weighted by Crippen LogP contribution is 2.19. The standard InChI is InChI=1S/C16H30O6/c1-2-3-4-5-6-7-8-9-14(19)22-16-13(10-17)21-11-12(18)15(16)20/h12-13,15-18,20H,2-11H2,1H3/t12-,13-,15-,16-/m1/s1. The first-order chi connectivity index (χ1) is 10.6. The molecule has 1 aliphatic heterocycles. The van der Waals surface area contributed by atoms with Crippen molar-refractivity contribution in [2.75, 3.05) is 13.2 Å². The van der Waals surface area contributed by atoms with Crippen molar-refractivity contribution in [3.05, 3.63) is 0 Å². The molecule has 1 rings (SSSR count). The van der Waals surface area contributed by atoms with Gasteiger partial charge in [-0.05, 0) is 6.42 Å². The van der Waals surface area contributed by atoms with E-state index in [0.29, 0.717) is 0 Å². The number of ether oxygens (including phenoxy) is 2. The second-order valence-electron chi connectivity index (χ2n) is 5.94. The smallest absolute Gasteiger partial charge is 0.306 e. The number of unbranched alkanes of at least 4 members (excludes halogenated alkanes) is 6. The lowest BCUT2D eigenvalue weighted by Gasteiger charge is -2.36. The highest BCUT2D eigenvalue weighted by Gasteiger charge is 2.41. The zero-order valence-electron chi connectivity index (χ0n) is 13.4. The number of aliphatic hydroxyl groups is 3. The Balaban J connectivity index is 2.22. The van der Waals surface area contributed by atoms with Gasteiger partial charge in [-0.25, -0.2) is 0 Å². The Bertz CT molecular complexity index is 307. The lowest BCUT2D eigenvalue weighted by atomic mass is 10.0. The van der Waals surface area contributed by atoms with Gasteiger partial charge in [0.05, 0.1) is 13.2 Å². The molecule has 1 heterocycles. The summed E-state index contributed by atoms with van der Waals surface area (Å²) in [4.78, 5) is 11.8. The Hall–Kier alpha value is -0.690. The van der Waals surface area contributed by atoms with E-state index in [9.17, 15) is 20.1 Å². The molecule has 6 nitrogen and oxygen atoms in total. The lowest BCUT2D eigenvalue weighted by Crippen LogP contribution is -2.55. The van der Waals surface area contributed by atoms with Crippen LogP contribution in [0.25, 0.3) is 0 Å². The molecule has 0 aromatic rings. The highest BCUT2D eigenvalue weighted by molar-refractivity contribution is 5.69. The van der Waals surface area contributed by atoms with Crippen LogP contribution in [0.15, 0.2) is 0 Å². The van der Waals surface area contributed by atoms with Crippen molar-refractivity contribution in [3.63, 3.8) is 0 Å². The second-order valence-corrected chi connectivity index (χ2v) is 5.94. The average Bonchev–Trinajstić information content (AvgIpc) is 2.51. The first kappa shape index (κ1) is 19.4. The molecule has 0 amide bonds. The van der Waals surface area contributed by atoms with Crippen molar-refractivity contribution in [1.82, 2.24) is 0 Å². The van der Waals surface area contributed by atoms with Crippen molar-refractivity contribution < 1.29 is 29.6 Å². The molecule has 4 atom stereocenters. The van der Waals surface area contributed by atoms with Crippen LogP contribution in [0.5, 0.6) is 0 Å². The van der Waals surface area contributed by atoms with E-state index in [1.165, 1.54) is 25.7 Å². The number of carbonyl (C=O) groups excluding carboxylic acids is 1. The normalized spacial score (nSPS) is 28.5. The van der Waals surface area contributed by atoms with Crippen LogP contribution < -0.4 is 0 Å². The van der Waals surface area contributed by atoms with Gasteiger partial charge in [0.25, 0.3) is 0 Å². The van der Waals surface area contributed by atoms with Gasteiger partial charge in [-0.1, -0.05) is 45.4 Å². The van der Waals surface area contributed by atoms with Crippen LogP contribution in [0.2, 0.25) is 0 Å². The van der Waals surface area contributed by atoms with Gasteiger partial charge in [-0.3, -0.25) is 4.79 Å². The second kappa shape index (κ2) is 10.9. The van der Waals surface area contributed by atoms with Crippen LogP contribution in [0.3, 0.4) is 0 Å². The monoisotopic (exact) mass is 318 g/mol. The summed E-state index contributed by atoms with van der Waals surface area (Å²) < 4.78 is 10.4. The first-order valence-electron chi connectivity index (χ1n) is 8.38. The number of esters is 1. The summed E-state index contributed by atoms with van der Waals surface area (Å²) in [6.07, 6.45) is 3.92. The maximum atomic E-state index is 11.8. The third kappa shape index (κ3) is 6.60. The molecule has 1 aliphatic rings. The summed E-state index contributed by atoms with van der Waals surface area (Å²) in [7, 11) is 0. The molecule has 0 aromatic carbocycles. The minimum absolute atomic E-state index is 0.0712. The Morgan fingerprint density at radius 2 is 1.77 bits per heavy atom. The summed E-state index contributed by atoms with van der Waals surface area (Å²) in [5.74, 6) is -0.422. The van der Waals surface area contributed by atoms with E-state index in [1.807, 2.05) is 0 Å². The van der Waals surface area contributed by atoms with E-state index in [4.69, 9.17) is 9.47 Å². The number of rotatable bonds is 10. The summed E-state index contributed by atoms with van der Waals surface area (Å²) in [5.41, 5.74) is 0. The van der Waals surface area contributed by atoms with Gasteiger partial charge in [0.1, 0.15) is 18.3 Å². The van der Waals surface area contributed by atoms with Crippen molar-refractivity contribution in [1.29, 1.82) is 0 Å². The van der Waals surface area contributed by atoms with Crippen LogP contribution in [-0.4, -0.2) is 58.9 Å². The number of hydrogen-bond donors (Lipinski definition) is 3. The Kier molecular flexibility index (Phi) is 9.63. The lowest BCUT2D eigenvalue weighted by molar-refractivity contribution is -0.213. The quantitative estimate of drug-likeness (QED) is 0.413. The van der Waals surface area contributed by atoms with Gasteiger partial charge in [-0.15, -0.1) is 0 Å². The minimum atomic E-state index is -1.22. The molecular formula is C16H30O6. The third-order valence-electron chi connectivity index (χ3n) is 4.01. The number of hydrogen-bond acceptors (Lipinski definition) is 6. The van der Waals surface area contributed by atoms with E-state index in [2.05, 4.69) is 6.92 Å². The molecule has 0 unspecified atom stereocenters. The van der Waals surface area contributed by atoms with Crippen LogP contribution >= 0.6 is 0 Å². The summed E-state index contributed by atoms with van der Waals surface area (Å²) in [5, 5.41) is 28.6. The Labute approximate surface area is 132 Å². The van der Waals surface area contributed by atoms with E-state index in [0.717, 1.165) is 19.3 Å². The summed E-state index contributed by atoms with van der Waals surface area (Å²) in [6, 6.07) is 0. The largest absolute Gasteiger partial charge is 0.457 e. The minimum Gasteiger partial charge on any atom is -0.457 e. The molecule has 0 aromatic heterocycles. The highest BCUT2D eigenvalue weighted by atomic mass is 16.6. The topological polar surface area (TPSA) is 96.2 Å². The van der Waals surface area contributed by atoms with E-state index in [-0.39, 0.29) is 19.6 Å². The van der Waals surface area contributed by atoms with Gasteiger partial charge < -0.3 is 24.8 Å². The van der Waals surface area contributed by atoms with Crippen LogP contribution in [0, 0.1) is 0 Å². The average molecular weight is 318 g/mol. The van der Waals surface area contributed by atoms with Gasteiger partial charge in [0, 0.05) is 6.42 Å². The predicted octanol–water partition coefficient (Wildman–Crippen LogP) is 1.15. The van der Waals surface area contributed by atoms with Gasteiger partial charge >= 0.3 is 5.97 Å². The summed E-state index contributed by atoms with van der Waals surface area (Å²) >= 11 is 0. The molecule has 0 saturated carbocycles. The van der Waals surface area contributed by atoms with Crippen molar-refractivity contribution in [2.24, 2.45) is 0 Å². The maximum Gasteiger partial charge on any atom is 0.306 e. The van der Waals surface area contributed by atoms with Crippen molar-refractivity contribution in [3.8, 4) is 0 Å². The van der Waals surface area contributed by atoms with Crippen LogP contribution in [0.4, 0.5) is 0 Å². The summed E-state index contributed by atoms with van der Waals surface area (Å²) in [6.45, 7) is 1.74. The fourth-order valence-corrected chi connectivity index (χ4v) is 2.59. The van der Waals surface area contributed by atoms with E-state index < -0.39 is 30.4 Å². The van der Waals surface area contributed by atoms with Crippen molar-refractivity contribution >= 4 is 5.97 Å². The molecular weight excluding hydrogens is 288 g/mol. The number of aliphatic hydroxyl groups excluding tert-OH is 3. The molecule has 1 saturated heterocycles. The zero-order chi connectivity index (χ0) is 16.4. The molecule has 0 radical (unpaired) electrons. The van der Waals surface area contributed by atoms with Gasteiger partial charge in [-0.2, -0.15) is 0 Å². The zero-order valence-corrected chi connectivity index (χ0v) is 13.4. The molecule has 0 spiro atoms. The van der Waals surface area contributed by atoms with E-state index >= 15 is 0 Å². The first-order valence-corrected chi connectivity index (χ1v) is 8.38. The fraction of sp³-hybridized carbons (Fsp3) is 0.938. The molecule has 22 heavy (non-hydrogen) atoms. The molecule has 3 N–H and O–H groups in total. The Morgan fingerprint density at radius 1 is 1.14 bits per heavy atom. The van der Waals surface area contributed by atoms with Crippen molar-refractivity contribution in [2.45, 2.75) is 82.7 Å². The van der Waals surface area contributed by atoms with E-state index in [1.54, 1.807) is 0 Å². The van der Waals surface area contributed by atoms with Crippen LogP contribution in [0.1, 0.15) is 58.3 Å². The SMILES string of the molecule is CCCCCCCCCC(=O)O[C@H]1[C@H](O)[C@H](O)CO[C@@H]1CO. The molecule has 130 valence electrons. The number of carbonyl (C=O) groups is 1. The molecule has 1 fully saturated rings. The maximum absolute atomic E-state index is 11.8. The molecule has 0 bridgehead atoms. The Morgan fingerprint density at radius 3 is 2.41 bits per heavy atom. The third-order valence-corrected chi connectivity index (χ3v) is 4.01. The van der Waals surface area contributed by atoms with Gasteiger partial charge in [0.15, 0.2) is 6.10 Å². The fourth-order valence-electron chi connectivity index (χ4n) is 2.59.